The molecule has 0 aromatic carbocycles. The van der Waals surface area contributed by atoms with Gasteiger partial charge in [0, 0.05) is 12.5 Å². The molecule has 4 atom stereocenters. The Balaban J connectivity index is 3.83. The number of carboxylic acids is 1. The predicted molar refractivity (Wildman–Crippen MR) is 170 cm³/mol. The summed E-state index contributed by atoms with van der Waals surface area (Å²) >= 11 is 0. The van der Waals surface area contributed by atoms with E-state index in [-0.39, 0.29) is 24.9 Å². The molecule has 0 aliphatic heterocycles. The van der Waals surface area contributed by atoms with Crippen LogP contribution in [0.25, 0.3) is 0 Å². The Kier molecular flexibility index (Phi) is 28.5. The molecule has 4 unspecified atom stereocenters. The van der Waals surface area contributed by atoms with E-state index in [1.807, 2.05) is 6.08 Å². The van der Waals surface area contributed by atoms with E-state index in [9.17, 15) is 20.1 Å². The molecular weight excluding hydrogens is 500 g/mol. The Morgan fingerprint density at radius 3 is 1.52 bits per heavy atom. The minimum atomic E-state index is -0.758. The van der Waals surface area contributed by atoms with Crippen molar-refractivity contribution < 1.29 is 25.2 Å². The van der Waals surface area contributed by atoms with Crippen molar-refractivity contribution in [2.24, 2.45) is 11.8 Å². The van der Waals surface area contributed by atoms with Gasteiger partial charge < -0.3 is 20.4 Å². The molecule has 0 aromatic rings. The van der Waals surface area contributed by atoms with Crippen molar-refractivity contribution in [3.8, 4) is 0 Å². The maximum atomic E-state index is 10.9. The van der Waals surface area contributed by atoms with Crippen LogP contribution in [0.3, 0.4) is 0 Å². The summed E-state index contributed by atoms with van der Waals surface area (Å²) in [6, 6.07) is 0. The monoisotopic (exact) mass is 566 g/mol. The largest absolute Gasteiger partial charge is 0.481 e. The number of aliphatic carboxylic acids is 1. The molecule has 0 rings (SSSR count). The van der Waals surface area contributed by atoms with E-state index in [0.29, 0.717) is 0 Å². The summed E-state index contributed by atoms with van der Waals surface area (Å²) in [6.07, 6.45) is 33.2. The molecule has 0 spiro atoms. The first kappa shape index (κ1) is 38.8. The lowest BCUT2D eigenvalue weighted by Gasteiger charge is -2.32. The molecule has 0 bridgehead atoms. The molecule has 0 saturated carbocycles. The average Bonchev–Trinajstić information content (AvgIpc) is 2.92. The van der Waals surface area contributed by atoms with Gasteiger partial charge in [0.05, 0.1) is 18.6 Å². The predicted octanol–water partition coefficient (Wildman–Crippen LogP) is 9.14. The van der Waals surface area contributed by atoms with Crippen molar-refractivity contribution in [3.63, 3.8) is 0 Å². The lowest BCUT2D eigenvalue weighted by Crippen LogP contribution is -2.36. The third-order valence-corrected chi connectivity index (χ3v) is 8.25. The molecule has 0 fully saturated rings. The number of unbranched alkanes of at least 4 members (excludes halogenated alkanes) is 17. The van der Waals surface area contributed by atoms with Gasteiger partial charge in [0.2, 0.25) is 0 Å². The highest BCUT2D eigenvalue weighted by atomic mass is 16.4. The summed E-state index contributed by atoms with van der Waals surface area (Å²) in [5.74, 6) is -1.04. The van der Waals surface area contributed by atoms with Gasteiger partial charge in [-0.3, -0.25) is 4.79 Å². The van der Waals surface area contributed by atoms with Crippen molar-refractivity contribution in [1.29, 1.82) is 0 Å². The molecule has 4 N–H and O–H groups in total. The van der Waals surface area contributed by atoms with Crippen molar-refractivity contribution in [1.82, 2.24) is 0 Å². The number of allylic oxidation sites excluding steroid dienone is 3. The summed E-state index contributed by atoms with van der Waals surface area (Å²) in [5, 5.41) is 39.5. The molecule has 40 heavy (non-hydrogen) atoms. The Bertz CT molecular complexity index is 601. The molecule has 0 heterocycles. The molecule has 5 heteroatoms. The fourth-order valence-electron chi connectivity index (χ4n) is 5.62. The highest BCUT2D eigenvalue weighted by molar-refractivity contribution is 5.68. The molecule has 236 valence electrons. The first-order chi connectivity index (χ1) is 19.4. The zero-order valence-electron chi connectivity index (χ0n) is 26.3. The quantitative estimate of drug-likeness (QED) is 0.0513. The van der Waals surface area contributed by atoms with Crippen molar-refractivity contribution in [2.75, 3.05) is 6.61 Å². The Hall–Kier alpha value is -1.17. The van der Waals surface area contributed by atoms with Crippen LogP contribution in [0, 0.1) is 11.8 Å². The number of aliphatic hydroxyl groups is 3. The Morgan fingerprint density at radius 2 is 1.05 bits per heavy atom. The van der Waals surface area contributed by atoms with Crippen LogP contribution in [0.1, 0.15) is 162 Å². The highest BCUT2D eigenvalue weighted by Crippen LogP contribution is 2.28. The Labute approximate surface area is 247 Å². The smallest absolute Gasteiger partial charge is 0.307 e. The van der Waals surface area contributed by atoms with E-state index in [1.165, 1.54) is 83.5 Å². The molecule has 5 nitrogen and oxygen atoms in total. The molecule has 0 radical (unpaired) electrons. The third-order valence-electron chi connectivity index (χ3n) is 8.25. The molecular formula is C35H66O5. The van der Waals surface area contributed by atoms with Crippen molar-refractivity contribution in [3.05, 3.63) is 24.3 Å². The van der Waals surface area contributed by atoms with E-state index >= 15 is 0 Å². The van der Waals surface area contributed by atoms with Crippen molar-refractivity contribution >= 4 is 5.97 Å². The van der Waals surface area contributed by atoms with Gasteiger partial charge in [-0.2, -0.15) is 0 Å². The van der Waals surface area contributed by atoms with Crippen LogP contribution in [-0.4, -0.2) is 45.2 Å². The van der Waals surface area contributed by atoms with E-state index in [0.717, 1.165) is 57.8 Å². The lowest BCUT2D eigenvalue weighted by molar-refractivity contribution is -0.136. The maximum absolute atomic E-state index is 10.9. The fraction of sp³-hybridized carbons (Fsp3) is 0.857. The third kappa shape index (κ3) is 24.6. The van der Waals surface area contributed by atoms with E-state index < -0.39 is 18.2 Å². The van der Waals surface area contributed by atoms with Crippen LogP contribution in [0.2, 0.25) is 0 Å². The molecule has 0 aliphatic rings. The Morgan fingerprint density at radius 1 is 0.600 bits per heavy atom. The van der Waals surface area contributed by atoms with Crippen LogP contribution >= 0.6 is 0 Å². The summed E-state index contributed by atoms with van der Waals surface area (Å²) in [5.41, 5.74) is 0. The number of aliphatic hydroxyl groups excluding tert-OH is 3. The van der Waals surface area contributed by atoms with E-state index in [2.05, 4.69) is 19.1 Å². The second-order valence-electron chi connectivity index (χ2n) is 12.0. The standard InChI is InChI=1S/C35H66O5/c1-3-4-5-6-18-22-25-28-34(38)32(33(30-36)31(2)37)27-24-21-19-16-14-12-10-8-7-9-11-13-15-17-20-23-26-29-35(39)40/h6,18,23,26,31-34,36-38H,3-5,7-17,19-22,24-25,27-30H2,1-2H3,(H,39,40)/b18-6+,26-23+. The van der Waals surface area contributed by atoms with Gasteiger partial charge in [-0.05, 0) is 57.8 Å². The molecule has 0 aromatic heterocycles. The van der Waals surface area contributed by atoms with E-state index in [4.69, 9.17) is 5.11 Å². The molecule has 0 saturated heterocycles. The summed E-state index contributed by atoms with van der Waals surface area (Å²) < 4.78 is 0. The summed E-state index contributed by atoms with van der Waals surface area (Å²) in [4.78, 5) is 10.4. The van der Waals surface area contributed by atoms with Gasteiger partial charge in [0.15, 0.2) is 0 Å². The fourth-order valence-corrected chi connectivity index (χ4v) is 5.62. The summed E-state index contributed by atoms with van der Waals surface area (Å²) in [7, 11) is 0. The second kappa shape index (κ2) is 29.3. The van der Waals surface area contributed by atoms with E-state index in [1.54, 1.807) is 13.0 Å². The van der Waals surface area contributed by atoms with Crippen LogP contribution in [0.4, 0.5) is 0 Å². The molecule has 0 aliphatic carbocycles. The summed E-state index contributed by atoms with van der Waals surface area (Å²) in [6.45, 7) is 3.88. The number of hydrogen-bond donors (Lipinski definition) is 4. The van der Waals surface area contributed by atoms with Gasteiger partial charge in [-0.1, -0.05) is 128 Å². The zero-order chi connectivity index (χ0) is 29.7. The highest BCUT2D eigenvalue weighted by Gasteiger charge is 2.30. The average molecular weight is 567 g/mol. The topological polar surface area (TPSA) is 98.0 Å². The lowest BCUT2D eigenvalue weighted by atomic mass is 9.79. The maximum Gasteiger partial charge on any atom is 0.307 e. The first-order valence-electron chi connectivity index (χ1n) is 16.9. The number of carbonyl (C=O) groups is 1. The second-order valence-corrected chi connectivity index (χ2v) is 12.0. The first-order valence-corrected chi connectivity index (χ1v) is 16.9. The zero-order valence-corrected chi connectivity index (χ0v) is 26.3. The number of carboxylic acid groups (broad SMARTS) is 1. The normalized spacial score (nSPS) is 15.1. The van der Waals surface area contributed by atoms with Crippen LogP contribution in [0.15, 0.2) is 24.3 Å². The van der Waals surface area contributed by atoms with Crippen LogP contribution in [-0.2, 0) is 4.79 Å². The van der Waals surface area contributed by atoms with Gasteiger partial charge in [-0.25, -0.2) is 0 Å². The number of hydrogen-bond acceptors (Lipinski definition) is 4. The SMILES string of the molecule is CCCC/C=C/CCCC(O)C(CCCCCCCCCCCCCCCC/C=C/CC(=O)O)C(CO)C(C)O. The number of rotatable bonds is 30. The van der Waals surface area contributed by atoms with Crippen LogP contribution in [0.5, 0.6) is 0 Å². The van der Waals surface area contributed by atoms with Crippen LogP contribution < -0.4 is 0 Å². The minimum Gasteiger partial charge on any atom is -0.481 e. The van der Waals surface area contributed by atoms with Crippen molar-refractivity contribution in [2.45, 2.75) is 174 Å². The minimum absolute atomic E-state index is 0.0327. The van der Waals surface area contributed by atoms with Gasteiger partial charge in [-0.15, -0.1) is 0 Å². The van der Waals surface area contributed by atoms with Gasteiger partial charge >= 0.3 is 5.97 Å². The van der Waals surface area contributed by atoms with Gasteiger partial charge in [0.25, 0.3) is 0 Å². The van der Waals surface area contributed by atoms with Gasteiger partial charge in [0.1, 0.15) is 0 Å². The molecule has 0 amide bonds.